The van der Waals surface area contributed by atoms with Crippen molar-refractivity contribution in [3.63, 3.8) is 0 Å². The first-order valence-corrected chi connectivity index (χ1v) is 41.2. The van der Waals surface area contributed by atoms with Crippen molar-refractivity contribution < 1.29 is 80.2 Å². The number of ether oxygens (including phenoxy) is 4. The Hall–Kier alpha value is -1.94. The van der Waals surface area contributed by atoms with Gasteiger partial charge in [0.1, 0.15) is 19.3 Å². The molecule has 0 heterocycles. The Balaban J connectivity index is 5.22. The van der Waals surface area contributed by atoms with Crippen LogP contribution in [0.25, 0.3) is 0 Å². The van der Waals surface area contributed by atoms with E-state index in [2.05, 4.69) is 55.4 Å². The highest BCUT2D eigenvalue weighted by Gasteiger charge is 2.30. The predicted octanol–water partition coefficient (Wildman–Crippen LogP) is 21.3. The Morgan fingerprint density at radius 2 is 0.452 bits per heavy atom. The van der Waals surface area contributed by atoms with Crippen LogP contribution in [0.1, 0.15) is 370 Å². The van der Waals surface area contributed by atoms with E-state index in [1.54, 1.807) is 0 Å². The van der Waals surface area contributed by atoms with Gasteiger partial charge >= 0.3 is 39.5 Å². The van der Waals surface area contributed by atoms with Gasteiger partial charge in [0.15, 0.2) is 12.2 Å². The summed E-state index contributed by atoms with van der Waals surface area (Å²) in [6.07, 6.45) is 47.4. The molecule has 0 radical (unpaired) electrons. The first kappa shape index (κ1) is 91.1. The number of unbranched alkanes of at least 4 members (excludes halogenated alkanes) is 37. The van der Waals surface area contributed by atoms with Gasteiger partial charge in [-0.1, -0.05) is 319 Å². The second-order valence-electron chi connectivity index (χ2n) is 28.6. The van der Waals surface area contributed by atoms with Crippen LogP contribution in [0.5, 0.6) is 0 Å². The molecule has 5 atom stereocenters. The van der Waals surface area contributed by atoms with Crippen molar-refractivity contribution in [1.82, 2.24) is 0 Å². The topological polar surface area (TPSA) is 237 Å². The number of hydrogen-bond acceptors (Lipinski definition) is 15. The number of carbonyl (C=O) groups excluding carboxylic acids is 4. The first-order valence-electron chi connectivity index (χ1n) is 38.2. The standard InChI is InChI=1S/C74H144O17P2/c1-64(2)50-42-34-26-19-15-12-10-9-11-13-17-21-30-38-46-54-71(76)84-60-69(90-73(78)56-48-40-32-22-18-14-16-20-27-35-43-51-65(3)4)62-88-92(80,81)86-58-68(75)59-87-93(82,83)89-63-70(91-74(79)57-49-41-33-25-29-37-45-53-67(7)8)61-85-72(77)55-47-39-31-24-23-28-36-44-52-66(5)6/h64-70,75H,9-63H2,1-8H3,(H,80,81)(H,82,83)/t68?,69-,70-/m1/s1. The molecular formula is C74H144O17P2. The maximum Gasteiger partial charge on any atom is 0.472 e. The minimum absolute atomic E-state index is 0.103. The molecule has 0 aliphatic heterocycles. The smallest absolute Gasteiger partial charge is 0.462 e. The quantitative estimate of drug-likeness (QED) is 0.0222. The molecule has 0 aromatic rings. The Morgan fingerprint density at radius 1 is 0.269 bits per heavy atom. The fraction of sp³-hybridized carbons (Fsp3) is 0.946. The van der Waals surface area contributed by atoms with Crippen molar-refractivity contribution in [3.8, 4) is 0 Å². The van der Waals surface area contributed by atoms with Crippen molar-refractivity contribution in [3.05, 3.63) is 0 Å². The Bertz CT molecular complexity index is 1830. The molecule has 0 amide bonds. The average molecular weight is 1370 g/mol. The van der Waals surface area contributed by atoms with Crippen LogP contribution in [0, 0.1) is 23.7 Å². The second kappa shape index (κ2) is 63.5. The van der Waals surface area contributed by atoms with Crippen LogP contribution in [-0.2, 0) is 65.4 Å². The van der Waals surface area contributed by atoms with E-state index in [0.717, 1.165) is 108 Å². The Kier molecular flexibility index (Phi) is 62.2. The molecule has 0 aromatic carbocycles. The molecule has 0 rings (SSSR count). The number of rotatable bonds is 71. The molecule has 3 N–H and O–H groups in total. The van der Waals surface area contributed by atoms with Gasteiger partial charge in [-0.15, -0.1) is 0 Å². The third kappa shape index (κ3) is 68.4. The van der Waals surface area contributed by atoms with Gasteiger partial charge in [0.2, 0.25) is 0 Å². The number of aliphatic hydroxyl groups is 1. The third-order valence-electron chi connectivity index (χ3n) is 17.1. The van der Waals surface area contributed by atoms with E-state index >= 15 is 0 Å². The highest BCUT2D eigenvalue weighted by atomic mass is 31.2. The lowest BCUT2D eigenvalue weighted by molar-refractivity contribution is -0.161. The maximum atomic E-state index is 13.1. The molecule has 93 heavy (non-hydrogen) atoms. The Morgan fingerprint density at radius 3 is 0.667 bits per heavy atom. The largest absolute Gasteiger partial charge is 0.472 e. The normalized spacial score (nSPS) is 14.2. The summed E-state index contributed by atoms with van der Waals surface area (Å²) in [4.78, 5) is 72.7. The van der Waals surface area contributed by atoms with E-state index in [-0.39, 0.29) is 25.7 Å². The number of phosphoric acid groups is 2. The molecule has 0 saturated carbocycles. The number of esters is 4. The minimum Gasteiger partial charge on any atom is -0.462 e. The van der Waals surface area contributed by atoms with E-state index in [0.29, 0.717) is 31.6 Å². The molecule has 0 aliphatic rings. The van der Waals surface area contributed by atoms with Crippen LogP contribution in [-0.4, -0.2) is 96.7 Å². The van der Waals surface area contributed by atoms with Gasteiger partial charge in [-0.3, -0.25) is 37.3 Å². The van der Waals surface area contributed by atoms with Crippen molar-refractivity contribution in [2.45, 2.75) is 388 Å². The van der Waals surface area contributed by atoms with Crippen LogP contribution in [0.3, 0.4) is 0 Å². The van der Waals surface area contributed by atoms with Gasteiger partial charge in [-0.05, 0) is 49.4 Å². The summed E-state index contributed by atoms with van der Waals surface area (Å²) in [6.45, 7) is 14.1. The zero-order chi connectivity index (χ0) is 68.9. The molecule has 552 valence electrons. The van der Waals surface area contributed by atoms with Gasteiger partial charge in [0.05, 0.1) is 26.4 Å². The highest BCUT2D eigenvalue weighted by molar-refractivity contribution is 7.47. The van der Waals surface area contributed by atoms with E-state index < -0.39 is 97.5 Å². The lowest BCUT2D eigenvalue weighted by Crippen LogP contribution is -2.30. The summed E-state index contributed by atoms with van der Waals surface area (Å²) >= 11 is 0. The molecule has 0 aromatic heterocycles. The van der Waals surface area contributed by atoms with E-state index in [1.807, 2.05) is 0 Å². The van der Waals surface area contributed by atoms with Crippen molar-refractivity contribution in [2.24, 2.45) is 23.7 Å². The van der Waals surface area contributed by atoms with Crippen LogP contribution in [0.2, 0.25) is 0 Å². The van der Waals surface area contributed by atoms with E-state index in [1.165, 1.54) is 173 Å². The molecular weight excluding hydrogens is 1220 g/mol. The number of carbonyl (C=O) groups is 4. The molecule has 19 heteroatoms. The minimum atomic E-state index is -4.96. The van der Waals surface area contributed by atoms with Gasteiger partial charge in [-0.2, -0.15) is 0 Å². The van der Waals surface area contributed by atoms with Gasteiger partial charge in [-0.25, -0.2) is 9.13 Å². The highest BCUT2D eigenvalue weighted by Crippen LogP contribution is 2.45. The molecule has 0 saturated heterocycles. The van der Waals surface area contributed by atoms with E-state index in [4.69, 9.17) is 37.0 Å². The molecule has 0 spiro atoms. The number of aliphatic hydroxyl groups excluding tert-OH is 1. The monoisotopic (exact) mass is 1370 g/mol. The Labute approximate surface area is 568 Å². The molecule has 0 fully saturated rings. The number of hydrogen-bond donors (Lipinski definition) is 3. The van der Waals surface area contributed by atoms with Crippen molar-refractivity contribution >= 4 is 39.5 Å². The van der Waals surface area contributed by atoms with E-state index in [9.17, 15) is 43.2 Å². The molecule has 3 unspecified atom stereocenters. The summed E-state index contributed by atoms with van der Waals surface area (Å²) in [5.41, 5.74) is 0. The molecule has 17 nitrogen and oxygen atoms in total. The predicted molar refractivity (Wildman–Crippen MR) is 377 cm³/mol. The lowest BCUT2D eigenvalue weighted by Gasteiger charge is -2.21. The van der Waals surface area contributed by atoms with Crippen LogP contribution in [0.4, 0.5) is 0 Å². The third-order valence-corrected chi connectivity index (χ3v) is 19.0. The number of phosphoric ester groups is 2. The summed E-state index contributed by atoms with van der Waals surface area (Å²) in [7, 11) is -9.91. The zero-order valence-corrected chi connectivity index (χ0v) is 62.7. The fourth-order valence-electron chi connectivity index (χ4n) is 11.2. The second-order valence-corrected chi connectivity index (χ2v) is 31.5. The SMILES string of the molecule is CC(C)CCCCCCCCCCCCCCCCCC(=O)OC[C@H](COP(=O)(O)OCC(O)COP(=O)(O)OC[C@@H](COC(=O)CCCCCCCCCCC(C)C)OC(=O)CCCCCCCCCC(C)C)OC(=O)CCCCCCCCCCCCCC(C)C. The maximum absolute atomic E-state index is 13.1. The summed E-state index contributed by atoms with van der Waals surface area (Å²) in [5.74, 6) is 0.868. The van der Waals surface area contributed by atoms with Crippen LogP contribution >= 0.6 is 15.6 Å². The van der Waals surface area contributed by atoms with Gasteiger partial charge in [0, 0.05) is 25.7 Å². The summed E-state index contributed by atoms with van der Waals surface area (Å²) in [5, 5.41) is 10.6. The average Bonchev–Trinajstić information content (AvgIpc) is 3.58. The van der Waals surface area contributed by atoms with Gasteiger partial charge < -0.3 is 33.8 Å². The van der Waals surface area contributed by atoms with Crippen LogP contribution < -0.4 is 0 Å². The summed E-state index contributed by atoms with van der Waals surface area (Å²) < 4.78 is 68.4. The molecule has 0 bridgehead atoms. The van der Waals surface area contributed by atoms with Gasteiger partial charge in [0.25, 0.3) is 0 Å². The summed E-state index contributed by atoms with van der Waals surface area (Å²) in [6, 6.07) is 0. The lowest BCUT2D eigenvalue weighted by atomic mass is 10.0. The first-order chi connectivity index (χ1) is 44.6. The van der Waals surface area contributed by atoms with Crippen LogP contribution in [0.15, 0.2) is 0 Å². The van der Waals surface area contributed by atoms with Crippen molar-refractivity contribution in [1.29, 1.82) is 0 Å². The fourth-order valence-corrected chi connectivity index (χ4v) is 12.8. The zero-order valence-electron chi connectivity index (χ0n) is 60.9. The molecule has 0 aliphatic carbocycles. The van der Waals surface area contributed by atoms with Crippen molar-refractivity contribution in [2.75, 3.05) is 39.6 Å².